The van der Waals surface area contributed by atoms with E-state index in [1.54, 1.807) is 0 Å². The minimum Gasteiger partial charge on any atom is -0.508 e. The Balaban J connectivity index is 1.65. The summed E-state index contributed by atoms with van der Waals surface area (Å²) in [6.45, 7) is 7.02. The lowest BCUT2D eigenvalue weighted by atomic mass is 9.84. The summed E-state index contributed by atoms with van der Waals surface area (Å²) in [7, 11) is 0. The standard InChI is InChI=1S/C24H39IO/c1-4-23(2,3)15-9-6-8-12-21-19-20(13-14-22(21)26)11-7-5-10-16-24(25)17-18-24/h13-14,19,26H,4-12,15-18H2,1-3H3. The molecule has 0 radical (unpaired) electrons. The molecule has 1 fully saturated rings. The molecule has 1 aromatic carbocycles. The highest BCUT2D eigenvalue weighted by Gasteiger charge is 2.38. The van der Waals surface area contributed by atoms with Crippen LogP contribution in [0.1, 0.15) is 103 Å². The summed E-state index contributed by atoms with van der Waals surface area (Å²) in [5.41, 5.74) is 3.04. The Morgan fingerprint density at radius 1 is 1.00 bits per heavy atom. The largest absolute Gasteiger partial charge is 0.508 e. The smallest absolute Gasteiger partial charge is 0.118 e. The van der Waals surface area contributed by atoms with Crippen molar-refractivity contribution in [1.29, 1.82) is 0 Å². The molecule has 0 spiro atoms. The molecule has 1 aliphatic rings. The third kappa shape index (κ3) is 8.19. The van der Waals surface area contributed by atoms with Crippen LogP contribution in [0.25, 0.3) is 0 Å². The summed E-state index contributed by atoms with van der Waals surface area (Å²) in [5, 5.41) is 10.2. The maximum atomic E-state index is 10.2. The zero-order chi connectivity index (χ0) is 19.0. The molecular formula is C24H39IO. The molecule has 0 aliphatic heterocycles. The Bertz CT molecular complexity index is 545. The average molecular weight is 470 g/mol. The molecule has 1 aliphatic carbocycles. The molecule has 0 saturated heterocycles. The van der Waals surface area contributed by atoms with Gasteiger partial charge in [-0.1, -0.05) is 87.6 Å². The highest BCUT2D eigenvalue weighted by molar-refractivity contribution is 14.1. The number of halogens is 1. The third-order valence-electron chi connectivity index (χ3n) is 6.28. The molecule has 0 unspecified atom stereocenters. The maximum Gasteiger partial charge on any atom is 0.118 e. The summed E-state index contributed by atoms with van der Waals surface area (Å²) in [5.74, 6) is 0.489. The van der Waals surface area contributed by atoms with Gasteiger partial charge < -0.3 is 5.11 Å². The molecule has 2 heteroatoms. The third-order valence-corrected chi connectivity index (χ3v) is 7.90. The molecule has 0 amide bonds. The number of phenolic OH excluding ortho intramolecular Hbond substituents is 1. The maximum absolute atomic E-state index is 10.2. The fraction of sp³-hybridized carbons (Fsp3) is 0.750. The van der Waals surface area contributed by atoms with Gasteiger partial charge in [-0.3, -0.25) is 0 Å². The summed E-state index contributed by atoms with van der Waals surface area (Å²) in [6, 6.07) is 6.28. The van der Waals surface area contributed by atoms with E-state index in [2.05, 4.69) is 55.5 Å². The lowest BCUT2D eigenvalue weighted by molar-refractivity contribution is 0.308. The van der Waals surface area contributed by atoms with Crippen molar-refractivity contribution in [3.05, 3.63) is 29.3 Å². The van der Waals surface area contributed by atoms with Crippen molar-refractivity contribution in [2.75, 3.05) is 0 Å². The van der Waals surface area contributed by atoms with Crippen molar-refractivity contribution < 1.29 is 5.11 Å². The van der Waals surface area contributed by atoms with E-state index in [0.29, 0.717) is 14.6 Å². The zero-order valence-electron chi connectivity index (χ0n) is 17.2. The molecule has 0 heterocycles. The van der Waals surface area contributed by atoms with Crippen molar-refractivity contribution in [1.82, 2.24) is 0 Å². The van der Waals surface area contributed by atoms with Gasteiger partial charge in [-0.05, 0) is 74.0 Å². The van der Waals surface area contributed by atoms with Crippen molar-refractivity contribution in [2.24, 2.45) is 5.41 Å². The molecule has 148 valence electrons. The van der Waals surface area contributed by atoms with E-state index < -0.39 is 0 Å². The highest BCUT2D eigenvalue weighted by Crippen LogP contribution is 2.48. The van der Waals surface area contributed by atoms with Gasteiger partial charge in [-0.2, -0.15) is 0 Å². The number of rotatable bonds is 13. The predicted molar refractivity (Wildman–Crippen MR) is 123 cm³/mol. The summed E-state index contributed by atoms with van der Waals surface area (Å²) in [6.07, 6.45) is 16.8. The Kier molecular flexibility index (Phi) is 8.76. The van der Waals surface area contributed by atoms with Crippen LogP contribution in [0.2, 0.25) is 0 Å². The van der Waals surface area contributed by atoms with E-state index in [4.69, 9.17) is 0 Å². The van der Waals surface area contributed by atoms with E-state index in [-0.39, 0.29) is 0 Å². The van der Waals surface area contributed by atoms with E-state index in [9.17, 15) is 5.11 Å². The number of aromatic hydroxyl groups is 1. The fourth-order valence-electron chi connectivity index (χ4n) is 3.60. The van der Waals surface area contributed by atoms with E-state index in [0.717, 1.165) is 18.4 Å². The Morgan fingerprint density at radius 3 is 2.38 bits per heavy atom. The van der Waals surface area contributed by atoms with Crippen LogP contribution in [0, 0.1) is 5.41 Å². The minimum absolute atomic E-state index is 0.485. The number of benzene rings is 1. The normalized spacial score (nSPS) is 16.0. The van der Waals surface area contributed by atoms with Crippen LogP contribution in [0.4, 0.5) is 0 Å². The number of phenols is 1. The van der Waals surface area contributed by atoms with E-state index >= 15 is 0 Å². The number of hydrogen-bond acceptors (Lipinski definition) is 1. The van der Waals surface area contributed by atoms with E-state index in [1.165, 1.54) is 76.2 Å². The SMILES string of the molecule is CCC(C)(C)CCCCCc1cc(CCCCCC2(I)CC2)ccc1O. The highest BCUT2D eigenvalue weighted by atomic mass is 127. The Morgan fingerprint density at radius 2 is 1.69 bits per heavy atom. The summed E-state index contributed by atoms with van der Waals surface area (Å²) in [4.78, 5) is 0. The second kappa shape index (κ2) is 10.3. The van der Waals surface area contributed by atoms with Crippen molar-refractivity contribution >= 4 is 22.6 Å². The lowest BCUT2D eigenvalue weighted by Crippen LogP contribution is -2.08. The summed E-state index contributed by atoms with van der Waals surface area (Å²) >= 11 is 2.66. The number of hydrogen-bond donors (Lipinski definition) is 1. The molecule has 0 bridgehead atoms. The topological polar surface area (TPSA) is 20.2 Å². The van der Waals surface area contributed by atoms with Gasteiger partial charge in [0, 0.05) is 3.42 Å². The van der Waals surface area contributed by atoms with Gasteiger partial charge >= 0.3 is 0 Å². The monoisotopic (exact) mass is 470 g/mol. The minimum atomic E-state index is 0.485. The van der Waals surface area contributed by atoms with Crippen LogP contribution in [0.3, 0.4) is 0 Å². The van der Waals surface area contributed by atoms with Gasteiger partial charge in [-0.25, -0.2) is 0 Å². The van der Waals surface area contributed by atoms with Crippen LogP contribution in [-0.2, 0) is 12.8 Å². The number of aryl methyl sites for hydroxylation is 2. The van der Waals surface area contributed by atoms with Gasteiger partial charge in [0.1, 0.15) is 5.75 Å². The predicted octanol–water partition coefficient (Wildman–Crippen LogP) is 8.00. The van der Waals surface area contributed by atoms with Gasteiger partial charge in [0.2, 0.25) is 0 Å². The molecule has 26 heavy (non-hydrogen) atoms. The second-order valence-corrected chi connectivity index (χ2v) is 11.5. The van der Waals surface area contributed by atoms with E-state index in [1.807, 2.05) is 6.07 Å². The van der Waals surface area contributed by atoms with Gasteiger partial charge in [0.15, 0.2) is 0 Å². The van der Waals surface area contributed by atoms with Gasteiger partial charge in [0.25, 0.3) is 0 Å². The first kappa shape index (κ1) is 22.0. The van der Waals surface area contributed by atoms with Crippen LogP contribution in [0.15, 0.2) is 18.2 Å². The molecule has 0 aromatic heterocycles. The van der Waals surface area contributed by atoms with Crippen molar-refractivity contribution in [3.63, 3.8) is 0 Å². The zero-order valence-corrected chi connectivity index (χ0v) is 19.4. The Labute approximate surface area is 175 Å². The van der Waals surface area contributed by atoms with Gasteiger partial charge in [-0.15, -0.1) is 0 Å². The number of alkyl halides is 1. The average Bonchev–Trinajstić information content (AvgIpc) is 3.34. The molecule has 2 rings (SSSR count). The van der Waals surface area contributed by atoms with Crippen molar-refractivity contribution in [3.8, 4) is 5.75 Å². The van der Waals surface area contributed by atoms with Crippen molar-refractivity contribution in [2.45, 2.75) is 108 Å². The fourth-order valence-corrected chi connectivity index (χ4v) is 4.25. The molecule has 1 N–H and O–H groups in total. The van der Waals surface area contributed by atoms with Crippen LogP contribution in [0.5, 0.6) is 5.75 Å². The summed E-state index contributed by atoms with van der Waals surface area (Å²) < 4.78 is 0.676. The Hall–Kier alpha value is -0.250. The lowest BCUT2D eigenvalue weighted by Gasteiger charge is -2.22. The first-order chi connectivity index (χ1) is 12.3. The van der Waals surface area contributed by atoms with Crippen LogP contribution >= 0.6 is 22.6 Å². The first-order valence-electron chi connectivity index (χ1n) is 10.8. The first-order valence-corrected chi connectivity index (χ1v) is 11.9. The molecule has 1 aromatic rings. The van der Waals surface area contributed by atoms with Crippen LogP contribution < -0.4 is 0 Å². The second-order valence-electron chi connectivity index (χ2n) is 9.25. The van der Waals surface area contributed by atoms with Gasteiger partial charge in [0.05, 0.1) is 0 Å². The van der Waals surface area contributed by atoms with Crippen LogP contribution in [-0.4, -0.2) is 8.53 Å². The molecule has 0 atom stereocenters. The molecule has 1 saturated carbocycles. The number of unbranched alkanes of at least 4 members (excludes halogenated alkanes) is 4. The quantitative estimate of drug-likeness (QED) is 0.176. The molecular weight excluding hydrogens is 431 g/mol. The molecule has 1 nitrogen and oxygen atoms in total.